The van der Waals surface area contributed by atoms with E-state index in [1.807, 2.05) is 19.9 Å². The number of nitrogens with zero attached hydrogens (tertiary/aromatic N) is 3. The molecule has 0 spiro atoms. The Labute approximate surface area is 120 Å². The molecule has 2 N–H and O–H groups in total. The SMILES string of the molecule is Cc1cc(NC(C)OCCO)nc(N2CCCCC2)n1. The number of rotatable bonds is 6. The molecule has 0 bridgehead atoms. The van der Waals surface area contributed by atoms with Crippen LogP contribution in [0, 0.1) is 6.92 Å². The van der Waals surface area contributed by atoms with Crippen molar-refractivity contribution in [3.05, 3.63) is 11.8 Å². The summed E-state index contributed by atoms with van der Waals surface area (Å²) in [6.45, 7) is 6.26. The van der Waals surface area contributed by atoms with Crippen molar-refractivity contribution < 1.29 is 9.84 Å². The smallest absolute Gasteiger partial charge is 0.227 e. The second-order valence-electron chi connectivity index (χ2n) is 5.12. The number of aliphatic hydroxyl groups is 1. The van der Waals surface area contributed by atoms with Gasteiger partial charge >= 0.3 is 0 Å². The summed E-state index contributed by atoms with van der Waals surface area (Å²) in [5.74, 6) is 1.56. The van der Waals surface area contributed by atoms with Crippen molar-refractivity contribution in [2.45, 2.75) is 39.3 Å². The third kappa shape index (κ3) is 4.31. The summed E-state index contributed by atoms with van der Waals surface area (Å²) in [6.07, 6.45) is 3.51. The van der Waals surface area contributed by atoms with Crippen molar-refractivity contribution in [3.8, 4) is 0 Å². The largest absolute Gasteiger partial charge is 0.394 e. The molecule has 1 aromatic heterocycles. The van der Waals surface area contributed by atoms with Crippen molar-refractivity contribution in [1.82, 2.24) is 9.97 Å². The Balaban J connectivity index is 2.03. The van der Waals surface area contributed by atoms with Crippen molar-refractivity contribution in [3.63, 3.8) is 0 Å². The Morgan fingerprint density at radius 1 is 1.35 bits per heavy atom. The molecule has 6 heteroatoms. The number of nitrogens with one attached hydrogen (secondary N) is 1. The third-order valence-corrected chi connectivity index (χ3v) is 3.29. The number of aliphatic hydroxyl groups excluding tert-OH is 1. The van der Waals surface area contributed by atoms with Crippen LogP contribution in [0.4, 0.5) is 11.8 Å². The standard InChI is InChI=1S/C14H24N4O2/c1-11-10-13(16-12(2)20-9-8-19)17-14(15-11)18-6-4-3-5-7-18/h10,12,19H,3-9H2,1-2H3,(H,15,16,17). The van der Waals surface area contributed by atoms with Gasteiger partial charge in [0.15, 0.2) is 0 Å². The van der Waals surface area contributed by atoms with Gasteiger partial charge in [-0.3, -0.25) is 0 Å². The van der Waals surface area contributed by atoms with Crippen LogP contribution in [0.3, 0.4) is 0 Å². The predicted octanol–water partition coefficient (Wildman–Crippen LogP) is 1.54. The zero-order valence-corrected chi connectivity index (χ0v) is 12.3. The number of aryl methyl sites for hydroxylation is 1. The van der Waals surface area contributed by atoms with E-state index in [1.165, 1.54) is 19.3 Å². The zero-order chi connectivity index (χ0) is 14.4. The van der Waals surface area contributed by atoms with E-state index in [0.29, 0.717) is 6.61 Å². The van der Waals surface area contributed by atoms with E-state index < -0.39 is 0 Å². The number of aromatic nitrogens is 2. The number of hydrogen-bond donors (Lipinski definition) is 2. The second-order valence-corrected chi connectivity index (χ2v) is 5.12. The van der Waals surface area contributed by atoms with Crippen LogP contribution in [0.5, 0.6) is 0 Å². The fraction of sp³-hybridized carbons (Fsp3) is 0.714. The first-order valence-corrected chi connectivity index (χ1v) is 7.28. The highest BCUT2D eigenvalue weighted by molar-refractivity contribution is 5.44. The maximum Gasteiger partial charge on any atom is 0.227 e. The Bertz CT molecular complexity index is 422. The first-order valence-electron chi connectivity index (χ1n) is 7.28. The monoisotopic (exact) mass is 280 g/mol. The normalized spacial score (nSPS) is 17.1. The van der Waals surface area contributed by atoms with Gasteiger partial charge in [0.2, 0.25) is 5.95 Å². The Morgan fingerprint density at radius 3 is 2.80 bits per heavy atom. The molecular weight excluding hydrogens is 256 g/mol. The molecule has 0 aromatic carbocycles. The fourth-order valence-electron chi connectivity index (χ4n) is 2.34. The van der Waals surface area contributed by atoms with Crippen LogP contribution in [-0.4, -0.2) is 47.6 Å². The summed E-state index contributed by atoms with van der Waals surface area (Å²) in [5.41, 5.74) is 0.942. The molecule has 1 aromatic rings. The van der Waals surface area contributed by atoms with Gasteiger partial charge in [-0.2, -0.15) is 4.98 Å². The van der Waals surface area contributed by atoms with Crippen molar-refractivity contribution in [1.29, 1.82) is 0 Å². The molecule has 0 radical (unpaired) electrons. The summed E-state index contributed by atoms with van der Waals surface area (Å²) >= 11 is 0. The van der Waals surface area contributed by atoms with Gasteiger partial charge in [0, 0.05) is 24.8 Å². The van der Waals surface area contributed by atoms with Gasteiger partial charge in [0.05, 0.1) is 13.2 Å². The maximum absolute atomic E-state index is 8.75. The minimum absolute atomic E-state index is 0.0217. The lowest BCUT2D eigenvalue weighted by Crippen LogP contribution is -2.31. The van der Waals surface area contributed by atoms with Crippen LogP contribution in [0.1, 0.15) is 31.9 Å². The number of ether oxygens (including phenoxy) is 1. The van der Waals surface area contributed by atoms with Crippen LogP contribution < -0.4 is 10.2 Å². The molecule has 2 heterocycles. The van der Waals surface area contributed by atoms with E-state index in [4.69, 9.17) is 9.84 Å². The molecular formula is C14H24N4O2. The molecule has 1 unspecified atom stereocenters. The molecule has 1 saturated heterocycles. The van der Waals surface area contributed by atoms with E-state index in [2.05, 4.69) is 20.2 Å². The minimum Gasteiger partial charge on any atom is -0.394 e. The van der Waals surface area contributed by atoms with E-state index in [0.717, 1.165) is 30.5 Å². The van der Waals surface area contributed by atoms with Gasteiger partial charge < -0.3 is 20.1 Å². The molecule has 1 aliphatic heterocycles. The summed E-state index contributed by atoms with van der Waals surface area (Å²) < 4.78 is 5.39. The first-order chi connectivity index (χ1) is 9.69. The number of anilines is 2. The Kier molecular flexibility index (Phi) is 5.55. The van der Waals surface area contributed by atoms with Gasteiger partial charge in [-0.15, -0.1) is 0 Å². The second kappa shape index (κ2) is 7.40. The van der Waals surface area contributed by atoms with Gasteiger partial charge in [0.1, 0.15) is 12.0 Å². The third-order valence-electron chi connectivity index (χ3n) is 3.29. The van der Waals surface area contributed by atoms with Gasteiger partial charge in [-0.05, 0) is 33.1 Å². The zero-order valence-electron chi connectivity index (χ0n) is 12.3. The van der Waals surface area contributed by atoms with Crippen LogP contribution in [0.15, 0.2) is 6.07 Å². The highest BCUT2D eigenvalue weighted by atomic mass is 16.5. The van der Waals surface area contributed by atoms with Gasteiger partial charge in [0.25, 0.3) is 0 Å². The van der Waals surface area contributed by atoms with Crippen LogP contribution >= 0.6 is 0 Å². The molecule has 2 rings (SSSR count). The topological polar surface area (TPSA) is 70.5 Å². The molecule has 0 amide bonds. The molecule has 1 atom stereocenters. The van der Waals surface area contributed by atoms with Gasteiger partial charge in [-0.1, -0.05) is 0 Å². The quantitative estimate of drug-likeness (QED) is 0.770. The van der Waals surface area contributed by atoms with Crippen molar-refractivity contribution in [2.24, 2.45) is 0 Å². The summed E-state index contributed by atoms with van der Waals surface area (Å²) in [7, 11) is 0. The predicted molar refractivity (Wildman–Crippen MR) is 79.0 cm³/mol. The highest BCUT2D eigenvalue weighted by Crippen LogP contribution is 2.18. The molecule has 0 aliphatic carbocycles. The lowest BCUT2D eigenvalue weighted by atomic mass is 10.1. The lowest BCUT2D eigenvalue weighted by molar-refractivity contribution is 0.0540. The van der Waals surface area contributed by atoms with Crippen molar-refractivity contribution >= 4 is 11.8 Å². The van der Waals surface area contributed by atoms with E-state index in [-0.39, 0.29) is 12.8 Å². The number of hydrogen-bond acceptors (Lipinski definition) is 6. The Morgan fingerprint density at radius 2 is 2.10 bits per heavy atom. The van der Waals surface area contributed by atoms with Crippen molar-refractivity contribution in [2.75, 3.05) is 36.5 Å². The summed E-state index contributed by atoms with van der Waals surface area (Å²) in [5, 5.41) is 11.9. The minimum atomic E-state index is -0.189. The highest BCUT2D eigenvalue weighted by Gasteiger charge is 2.15. The Hall–Kier alpha value is -1.40. The molecule has 6 nitrogen and oxygen atoms in total. The summed E-state index contributed by atoms with van der Waals surface area (Å²) in [6, 6.07) is 1.91. The molecule has 112 valence electrons. The average Bonchev–Trinajstić information content (AvgIpc) is 2.45. The van der Waals surface area contributed by atoms with E-state index in [9.17, 15) is 0 Å². The van der Waals surface area contributed by atoms with Crippen LogP contribution in [0.25, 0.3) is 0 Å². The molecule has 20 heavy (non-hydrogen) atoms. The summed E-state index contributed by atoms with van der Waals surface area (Å²) in [4.78, 5) is 11.3. The van der Waals surface area contributed by atoms with E-state index in [1.54, 1.807) is 0 Å². The number of piperidine rings is 1. The first kappa shape index (κ1) is 15.0. The van der Waals surface area contributed by atoms with E-state index >= 15 is 0 Å². The average molecular weight is 280 g/mol. The lowest BCUT2D eigenvalue weighted by Gasteiger charge is -2.27. The van der Waals surface area contributed by atoms with Gasteiger partial charge in [-0.25, -0.2) is 4.98 Å². The molecule has 0 saturated carbocycles. The van der Waals surface area contributed by atoms with Crippen LogP contribution in [0.2, 0.25) is 0 Å². The van der Waals surface area contributed by atoms with Crippen LogP contribution in [-0.2, 0) is 4.74 Å². The molecule has 1 fully saturated rings. The fourth-order valence-corrected chi connectivity index (χ4v) is 2.34. The maximum atomic E-state index is 8.75. The molecule has 1 aliphatic rings.